The van der Waals surface area contributed by atoms with Crippen LogP contribution in [0.1, 0.15) is 58.1 Å². The molecule has 0 radical (unpaired) electrons. The van der Waals surface area contributed by atoms with E-state index < -0.39 is 27.4 Å². The topological polar surface area (TPSA) is 86.8 Å². The second-order valence-corrected chi connectivity index (χ2v) is 12.5. The van der Waals surface area contributed by atoms with Crippen LogP contribution in [0.5, 0.6) is 0 Å². The maximum Gasteiger partial charge on any atom is 0.243 e. The van der Waals surface area contributed by atoms with Crippen LogP contribution in [-0.4, -0.2) is 49.5 Å². The van der Waals surface area contributed by atoms with Crippen LogP contribution in [0, 0.1) is 12.7 Å². The van der Waals surface area contributed by atoms with Gasteiger partial charge in [-0.05, 0) is 75.9 Å². The molecule has 0 saturated carbocycles. The standard InChI is InChI=1S/C27H37ClFN3O4S/c1-7-23(26(34)30-27(3,4)5)31(18-20-11-14-22(29)15-12-20)25(33)9-8-16-32(37(6,35)36)24-17-21(28)13-10-19(24)2/h10-15,17,23H,7-9,16,18H2,1-6H3,(H,30,34). The fourth-order valence-electron chi connectivity index (χ4n) is 3.99. The molecule has 7 nitrogen and oxygen atoms in total. The molecule has 1 unspecified atom stereocenters. The maximum absolute atomic E-state index is 13.5. The number of hydrogen-bond acceptors (Lipinski definition) is 4. The monoisotopic (exact) mass is 553 g/mol. The average Bonchev–Trinajstić information content (AvgIpc) is 2.77. The predicted octanol–water partition coefficient (Wildman–Crippen LogP) is 5.06. The van der Waals surface area contributed by atoms with E-state index >= 15 is 0 Å². The minimum atomic E-state index is -3.63. The molecule has 0 heterocycles. The smallest absolute Gasteiger partial charge is 0.243 e. The second-order valence-electron chi connectivity index (χ2n) is 10.2. The minimum Gasteiger partial charge on any atom is -0.350 e. The van der Waals surface area contributed by atoms with Crippen LogP contribution in [0.15, 0.2) is 42.5 Å². The van der Waals surface area contributed by atoms with Gasteiger partial charge in [-0.2, -0.15) is 0 Å². The van der Waals surface area contributed by atoms with Crippen LogP contribution < -0.4 is 9.62 Å². The van der Waals surface area contributed by atoms with Gasteiger partial charge in [0.1, 0.15) is 11.9 Å². The number of anilines is 1. The first-order chi connectivity index (χ1) is 17.1. The fourth-order valence-corrected chi connectivity index (χ4v) is 5.17. The number of nitrogens with one attached hydrogen (secondary N) is 1. The Morgan fingerprint density at radius 1 is 1.11 bits per heavy atom. The van der Waals surface area contributed by atoms with E-state index in [2.05, 4.69) is 5.32 Å². The van der Waals surface area contributed by atoms with Crippen molar-refractivity contribution in [2.24, 2.45) is 0 Å². The zero-order valence-electron chi connectivity index (χ0n) is 22.3. The van der Waals surface area contributed by atoms with Gasteiger partial charge in [-0.1, -0.05) is 36.7 Å². The molecular weight excluding hydrogens is 517 g/mol. The van der Waals surface area contributed by atoms with Gasteiger partial charge < -0.3 is 10.2 Å². The largest absolute Gasteiger partial charge is 0.350 e. The summed E-state index contributed by atoms with van der Waals surface area (Å²) in [5, 5.41) is 3.34. The first-order valence-corrected chi connectivity index (χ1v) is 14.4. The second kappa shape index (κ2) is 12.7. The number of aryl methyl sites for hydroxylation is 1. The lowest BCUT2D eigenvalue weighted by Crippen LogP contribution is -2.53. The molecule has 37 heavy (non-hydrogen) atoms. The summed E-state index contributed by atoms with van der Waals surface area (Å²) in [7, 11) is -3.63. The quantitative estimate of drug-likeness (QED) is 0.421. The molecule has 0 aliphatic heterocycles. The van der Waals surface area contributed by atoms with E-state index in [9.17, 15) is 22.4 Å². The SMILES string of the molecule is CCC(C(=O)NC(C)(C)C)N(Cc1ccc(F)cc1)C(=O)CCCN(c1cc(Cl)ccc1C)S(C)(=O)=O. The van der Waals surface area contributed by atoms with Crippen molar-refractivity contribution in [3.63, 3.8) is 0 Å². The molecule has 0 aliphatic rings. The van der Waals surface area contributed by atoms with Crippen molar-refractivity contribution in [2.45, 2.75) is 72.0 Å². The molecule has 0 fully saturated rings. The van der Waals surface area contributed by atoms with Gasteiger partial charge in [-0.25, -0.2) is 12.8 Å². The molecule has 1 atom stereocenters. The lowest BCUT2D eigenvalue weighted by atomic mass is 10.0. The van der Waals surface area contributed by atoms with Gasteiger partial charge in [0.05, 0.1) is 11.9 Å². The van der Waals surface area contributed by atoms with Crippen molar-refractivity contribution in [1.82, 2.24) is 10.2 Å². The van der Waals surface area contributed by atoms with Gasteiger partial charge in [0.25, 0.3) is 0 Å². The van der Waals surface area contributed by atoms with Crippen molar-refractivity contribution in [3.05, 3.63) is 64.4 Å². The van der Waals surface area contributed by atoms with E-state index in [-0.39, 0.29) is 37.7 Å². The lowest BCUT2D eigenvalue weighted by Gasteiger charge is -2.33. The molecule has 2 aromatic rings. The molecule has 0 aromatic heterocycles. The highest BCUT2D eigenvalue weighted by molar-refractivity contribution is 7.92. The summed E-state index contributed by atoms with van der Waals surface area (Å²) in [5.41, 5.74) is 1.40. The molecule has 2 rings (SSSR count). The van der Waals surface area contributed by atoms with E-state index in [4.69, 9.17) is 11.6 Å². The lowest BCUT2D eigenvalue weighted by molar-refractivity contribution is -0.142. The Morgan fingerprint density at radius 3 is 2.27 bits per heavy atom. The van der Waals surface area contributed by atoms with Gasteiger partial charge in [0.15, 0.2) is 0 Å². The van der Waals surface area contributed by atoms with Crippen LogP contribution in [-0.2, 0) is 26.2 Å². The summed E-state index contributed by atoms with van der Waals surface area (Å²) in [6.07, 6.45) is 1.74. The van der Waals surface area contributed by atoms with Gasteiger partial charge in [0, 0.05) is 30.1 Å². The van der Waals surface area contributed by atoms with E-state index in [0.29, 0.717) is 22.7 Å². The minimum absolute atomic E-state index is 0.0200. The number of rotatable bonds is 11. The number of nitrogens with zero attached hydrogens (tertiary/aromatic N) is 2. The molecular formula is C27H37ClFN3O4S. The highest BCUT2D eigenvalue weighted by Gasteiger charge is 2.31. The molecule has 10 heteroatoms. The van der Waals surface area contributed by atoms with Gasteiger partial charge in [-0.3, -0.25) is 13.9 Å². The third kappa shape index (κ3) is 9.31. The summed E-state index contributed by atoms with van der Waals surface area (Å²) in [4.78, 5) is 28.0. The van der Waals surface area contributed by atoms with Crippen molar-refractivity contribution in [2.75, 3.05) is 17.1 Å². The molecule has 0 aliphatic carbocycles. The number of hydrogen-bond donors (Lipinski definition) is 1. The fraction of sp³-hybridized carbons (Fsp3) is 0.481. The summed E-state index contributed by atoms with van der Waals surface area (Å²) in [5.74, 6) is -0.967. The molecule has 1 N–H and O–H groups in total. The van der Waals surface area contributed by atoms with Crippen molar-refractivity contribution >= 4 is 39.1 Å². The Kier molecular flexibility index (Phi) is 10.5. The molecule has 2 amide bonds. The van der Waals surface area contributed by atoms with Crippen LogP contribution >= 0.6 is 11.6 Å². The average molecular weight is 554 g/mol. The van der Waals surface area contributed by atoms with Gasteiger partial charge >= 0.3 is 0 Å². The molecule has 0 bridgehead atoms. The molecule has 0 saturated heterocycles. The Bertz CT molecular complexity index is 1200. The number of benzene rings is 2. The molecule has 0 spiro atoms. The van der Waals surface area contributed by atoms with Gasteiger partial charge in [-0.15, -0.1) is 0 Å². The molecule has 204 valence electrons. The van der Waals surface area contributed by atoms with Crippen molar-refractivity contribution in [3.8, 4) is 0 Å². The molecule has 2 aromatic carbocycles. The van der Waals surface area contributed by atoms with Gasteiger partial charge in [0.2, 0.25) is 21.8 Å². The van der Waals surface area contributed by atoms with Crippen LogP contribution in [0.4, 0.5) is 10.1 Å². The van der Waals surface area contributed by atoms with Crippen molar-refractivity contribution in [1.29, 1.82) is 0 Å². The number of amides is 2. The third-order valence-electron chi connectivity index (χ3n) is 5.74. The predicted molar refractivity (Wildman–Crippen MR) is 147 cm³/mol. The first kappa shape index (κ1) is 30.6. The highest BCUT2D eigenvalue weighted by Crippen LogP contribution is 2.27. The maximum atomic E-state index is 13.5. The number of carbonyl (C=O) groups is 2. The Morgan fingerprint density at radius 2 is 1.73 bits per heavy atom. The summed E-state index contributed by atoms with van der Waals surface area (Å²) >= 11 is 6.11. The number of halogens is 2. The van der Waals surface area contributed by atoms with Crippen LogP contribution in [0.2, 0.25) is 5.02 Å². The van der Waals surface area contributed by atoms with Crippen LogP contribution in [0.25, 0.3) is 0 Å². The van der Waals surface area contributed by atoms with E-state index in [0.717, 1.165) is 11.8 Å². The zero-order valence-corrected chi connectivity index (χ0v) is 23.9. The first-order valence-electron chi connectivity index (χ1n) is 12.2. The van der Waals surface area contributed by atoms with E-state index in [1.165, 1.54) is 21.3 Å². The summed E-state index contributed by atoms with van der Waals surface area (Å²) in [6.45, 7) is 9.40. The number of carbonyl (C=O) groups excluding carboxylic acids is 2. The number of sulfonamides is 1. The zero-order chi connectivity index (χ0) is 28.0. The van der Waals surface area contributed by atoms with E-state index in [1.54, 1.807) is 37.3 Å². The Hall–Kier alpha value is -2.65. The summed E-state index contributed by atoms with van der Waals surface area (Å²) < 4.78 is 39.8. The third-order valence-corrected chi connectivity index (χ3v) is 7.16. The van der Waals surface area contributed by atoms with Crippen molar-refractivity contribution < 1.29 is 22.4 Å². The Labute approximate surface area is 225 Å². The normalized spacial score (nSPS) is 12.6. The Balaban J connectivity index is 2.27. The highest BCUT2D eigenvalue weighted by atomic mass is 35.5. The summed E-state index contributed by atoms with van der Waals surface area (Å²) in [6, 6.07) is 10.1. The van der Waals surface area contributed by atoms with Crippen LogP contribution in [0.3, 0.4) is 0 Å². The van der Waals surface area contributed by atoms with E-state index in [1.807, 2.05) is 27.7 Å².